The SMILES string of the molecule is COCCOc1ccc(NS(=O)(=O)Cc2ccc3ccccc3c2)cn1. The Morgan fingerprint density at radius 1 is 1.00 bits per heavy atom. The first-order valence-electron chi connectivity index (χ1n) is 8.12. The van der Waals surface area contributed by atoms with Gasteiger partial charge in [0.25, 0.3) is 0 Å². The highest BCUT2D eigenvalue weighted by atomic mass is 32.2. The van der Waals surface area contributed by atoms with Crippen molar-refractivity contribution in [3.8, 4) is 5.88 Å². The highest BCUT2D eigenvalue weighted by molar-refractivity contribution is 7.91. The van der Waals surface area contributed by atoms with Crippen molar-refractivity contribution >= 4 is 26.5 Å². The zero-order valence-electron chi connectivity index (χ0n) is 14.4. The van der Waals surface area contributed by atoms with Crippen LogP contribution >= 0.6 is 0 Å². The molecule has 1 heterocycles. The van der Waals surface area contributed by atoms with Crippen molar-refractivity contribution in [2.24, 2.45) is 0 Å². The number of rotatable bonds is 8. The lowest BCUT2D eigenvalue weighted by Gasteiger charge is -2.09. The van der Waals surface area contributed by atoms with Crippen molar-refractivity contribution in [1.82, 2.24) is 4.98 Å². The molecule has 26 heavy (non-hydrogen) atoms. The van der Waals surface area contributed by atoms with Crippen molar-refractivity contribution in [3.05, 3.63) is 66.4 Å². The third-order valence-electron chi connectivity index (χ3n) is 3.72. The Bertz CT molecular complexity index is 972. The third kappa shape index (κ3) is 4.93. The molecule has 0 spiro atoms. The molecule has 2 aromatic carbocycles. The van der Waals surface area contributed by atoms with E-state index >= 15 is 0 Å². The van der Waals surface area contributed by atoms with Gasteiger partial charge in [-0.2, -0.15) is 0 Å². The number of fused-ring (bicyclic) bond motifs is 1. The monoisotopic (exact) mass is 372 g/mol. The second kappa shape index (κ2) is 8.16. The van der Waals surface area contributed by atoms with Crippen molar-refractivity contribution in [2.45, 2.75) is 5.75 Å². The summed E-state index contributed by atoms with van der Waals surface area (Å²) < 4.78 is 37.6. The lowest BCUT2D eigenvalue weighted by Crippen LogP contribution is -2.15. The van der Waals surface area contributed by atoms with E-state index in [0.717, 1.165) is 16.3 Å². The Morgan fingerprint density at radius 2 is 1.81 bits per heavy atom. The molecule has 0 aliphatic carbocycles. The number of hydrogen-bond acceptors (Lipinski definition) is 5. The van der Waals surface area contributed by atoms with Crippen molar-refractivity contribution < 1.29 is 17.9 Å². The van der Waals surface area contributed by atoms with Crippen LogP contribution in [-0.2, 0) is 20.5 Å². The molecule has 0 aliphatic heterocycles. The molecule has 0 saturated carbocycles. The molecule has 0 saturated heterocycles. The van der Waals surface area contributed by atoms with Crippen LogP contribution < -0.4 is 9.46 Å². The Labute approximate surface area is 152 Å². The Hall–Kier alpha value is -2.64. The van der Waals surface area contributed by atoms with Crippen molar-refractivity contribution in [2.75, 3.05) is 25.0 Å². The minimum absolute atomic E-state index is 0.107. The fourth-order valence-corrected chi connectivity index (χ4v) is 3.69. The number of sulfonamides is 1. The fraction of sp³-hybridized carbons (Fsp3) is 0.211. The Balaban J connectivity index is 1.66. The van der Waals surface area contributed by atoms with Crippen LogP contribution in [0.25, 0.3) is 10.8 Å². The molecule has 7 heteroatoms. The zero-order valence-corrected chi connectivity index (χ0v) is 15.2. The minimum Gasteiger partial charge on any atom is -0.475 e. The highest BCUT2D eigenvalue weighted by Crippen LogP contribution is 2.19. The van der Waals surface area contributed by atoms with E-state index in [2.05, 4.69) is 9.71 Å². The van der Waals surface area contributed by atoms with Crippen LogP contribution in [0.15, 0.2) is 60.8 Å². The van der Waals surface area contributed by atoms with Gasteiger partial charge in [-0.05, 0) is 22.4 Å². The van der Waals surface area contributed by atoms with Crippen LogP contribution in [0.4, 0.5) is 5.69 Å². The summed E-state index contributed by atoms with van der Waals surface area (Å²) in [6, 6.07) is 16.7. The Morgan fingerprint density at radius 3 is 2.54 bits per heavy atom. The molecule has 6 nitrogen and oxygen atoms in total. The van der Waals surface area contributed by atoms with E-state index in [1.807, 2.05) is 42.5 Å². The molecule has 0 aliphatic rings. The van der Waals surface area contributed by atoms with E-state index in [1.165, 1.54) is 6.20 Å². The quantitative estimate of drug-likeness (QED) is 0.615. The number of methoxy groups -OCH3 is 1. The van der Waals surface area contributed by atoms with Gasteiger partial charge < -0.3 is 9.47 Å². The summed E-state index contributed by atoms with van der Waals surface area (Å²) in [5.41, 5.74) is 1.12. The first kappa shape index (κ1) is 18.2. The van der Waals surface area contributed by atoms with E-state index in [4.69, 9.17) is 9.47 Å². The van der Waals surface area contributed by atoms with Gasteiger partial charge in [-0.3, -0.25) is 4.72 Å². The molecule has 0 unspecified atom stereocenters. The van der Waals surface area contributed by atoms with E-state index in [1.54, 1.807) is 19.2 Å². The van der Waals surface area contributed by atoms with Gasteiger partial charge in [0.05, 0.1) is 24.2 Å². The summed E-state index contributed by atoms with van der Waals surface area (Å²) in [7, 11) is -1.95. The van der Waals surface area contributed by atoms with Gasteiger partial charge in [-0.15, -0.1) is 0 Å². The summed E-state index contributed by atoms with van der Waals surface area (Å²) in [5, 5.41) is 2.09. The molecule has 3 rings (SSSR count). The summed E-state index contributed by atoms with van der Waals surface area (Å²) >= 11 is 0. The molecule has 0 bridgehead atoms. The van der Waals surface area contributed by atoms with E-state index in [9.17, 15) is 8.42 Å². The molecule has 0 atom stereocenters. The van der Waals surface area contributed by atoms with Crippen LogP contribution in [0.2, 0.25) is 0 Å². The lowest BCUT2D eigenvalue weighted by atomic mass is 10.1. The number of nitrogens with zero attached hydrogens (tertiary/aromatic N) is 1. The van der Waals surface area contributed by atoms with E-state index in [0.29, 0.717) is 24.8 Å². The van der Waals surface area contributed by atoms with Crippen LogP contribution in [0.5, 0.6) is 5.88 Å². The number of benzene rings is 2. The second-order valence-electron chi connectivity index (χ2n) is 5.77. The average molecular weight is 372 g/mol. The van der Waals surface area contributed by atoms with Gasteiger partial charge in [0.15, 0.2) is 0 Å². The number of ether oxygens (including phenoxy) is 2. The first-order valence-corrected chi connectivity index (χ1v) is 9.77. The molecule has 136 valence electrons. The van der Waals surface area contributed by atoms with Gasteiger partial charge in [0.1, 0.15) is 6.61 Å². The second-order valence-corrected chi connectivity index (χ2v) is 7.49. The number of aromatic nitrogens is 1. The molecule has 0 amide bonds. The van der Waals surface area contributed by atoms with Crippen LogP contribution in [0, 0.1) is 0 Å². The third-order valence-corrected chi connectivity index (χ3v) is 4.98. The largest absolute Gasteiger partial charge is 0.475 e. The first-order chi connectivity index (χ1) is 12.6. The normalized spacial score (nSPS) is 11.4. The fourth-order valence-electron chi connectivity index (χ4n) is 2.52. The highest BCUT2D eigenvalue weighted by Gasteiger charge is 2.12. The summed E-state index contributed by atoms with van der Waals surface area (Å²) in [4.78, 5) is 4.08. The van der Waals surface area contributed by atoms with Crippen LogP contribution in [-0.4, -0.2) is 33.7 Å². The topological polar surface area (TPSA) is 77.5 Å². The maximum atomic E-state index is 12.4. The number of pyridine rings is 1. The molecular weight excluding hydrogens is 352 g/mol. The maximum absolute atomic E-state index is 12.4. The van der Waals surface area contributed by atoms with Gasteiger partial charge in [0.2, 0.25) is 15.9 Å². The van der Waals surface area contributed by atoms with Crippen LogP contribution in [0.1, 0.15) is 5.56 Å². The van der Waals surface area contributed by atoms with Gasteiger partial charge in [-0.25, -0.2) is 13.4 Å². The molecule has 1 N–H and O–H groups in total. The summed E-state index contributed by atoms with van der Waals surface area (Å²) in [6.45, 7) is 0.846. The summed E-state index contributed by atoms with van der Waals surface area (Å²) in [6.07, 6.45) is 1.43. The number of anilines is 1. The lowest BCUT2D eigenvalue weighted by molar-refractivity contribution is 0.144. The standard InChI is InChI=1S/C19H20N2O4S/c1-24-10-11-25-19-9-8-18(13-20-19)21-26(22,23)14-15-6-7-16-4-2-3-5-17(16)12-15/h2-9,12-13,21H,10-11,14H2,1H3. The van der Waals surface area contributed by atoms with Crippen molar-refractivity contribution in [3.63, 3.8) is 0 Å². The van der Waals surface area contributed by atoms with E-state index < -0.39 is 10.0 Å². The Kier molecular flexibility index (Phi) is 5.70. The van der Waals surface area contributed by atoms with E-state index in [-0.39, 0.29) is 5.75 Å². The molecule has 1 aromatic heterocycles. The van der Waals surface area contributed by atoms with Crippen molar-refractivity contribution in [1.29, 1.82) is 0 Å². The molecule has 0 fully saturated rings. The van der Waals surface area contributed by atoms with Crippen LogP contribution in [0.3, 0.4) is 0 Å². The molecular formula is C19H20N2O4S. The zero-order chi connectivity index (χ0) is 18.4. The summed E-state index contributed by atoms with van der Waals surface area (Å²) in [5.74, 6) is 0.309. The predicted octanol–water partition coefficient (Wildman–Crippen LogP) is 3.20. The average Bonchev–Trinajstić information content (AvgIpc) is 2.62. The van der Waals surface area contributed by atoms with Gasteiger partial charge >= 0.3 is 0 Å². The smallest absolute Gasteiger partial charge is 0.236 e. The van der Waals surface area contributed by atoms with Gasteiger partial charge in [-0.1, -0.05) is 42.5 Å². The minimum atomic E-state index is -3.54. The van der Waals surface area contributed by atoms with Gasteiger partial charge in [0, 0.05) is 13.2 Å². The predicted molar refractivity (Wildman–Crippen MR) is 102 cm³/mol. The number of hydrogen-bond donors (Lipinski definition) is 1. The molecule has 0 radical (unpaired) electrons. The molecule has 3 aromatic rings. The number of nitrogens with one attached hydrogen (secondary N) is 1. The maximum Gasteiger partial charge on any atom is 0.236 e.